The minimum atomic E-state index is -3.45. The van der Waals surface area contributed by atoms with E-state index in [9.17, 15) is 8.42 Å². The predicted octanol–water partition coefficient (Wildman–Crippen LogP) is 0.173. The van der Waals surface area contributed by atoms with Gasteiger partial charge in [0.2, 0.25) is 0 Å². The molecule has 0 atom stereocenters. The van der Waals surface area contributed by atoms with Crippen LogP contribution in [-0.2, 0) is 16.8 Å². The van der Waals surface area contributed by atoms with E-state index in [1.54, 1.807) is 18.2 Å². The Bertz CT molecular complexity index is 486. The summed E-state index contributed by atoms with van der Waals surface area (Å²) in [4.78, 5) is 0. The summed E-state index contributed by atoms with van der Waals surface area (Å²) in [7, 11) is 0.991. The highest BCUT2D eigenvalue weighted by molar-refractivity contribution is 7.87. The summed E-state index contributed by atoms with van der Waals surface area (Å²) in [6, 6.07) is 5.08. The highest BCUT2D eigenvalue weighted by Crippen LogP contribution is 2.20. The number of ether oxygens (including phenoxy) is 1. The van der Waals surface area contributed by atoms with Crippen molar-refractivity contribution in [3.8, 4) is 5.75 Å². The molecule has 96 valence electrons. The van der Waals surface area contributed by atoms with Gasteiger partial charge in [0, 0.05) is 31.9 Å². The van der Waals surface area contributed by atoms with E-state index >= 15 is 0 Å². The maximum absolute atomic E-state index is 11.5. The minimum Gasteiger partial charge on any atom is -0.496 e. The molecule has 0 bridgehead atoms. The molecule has 1 rings (SSSR count). The van der Waals surface area contributed by atoms with Crippen LogP contribution in [-0.4, -0.2) is 33.9 Å². The lowest BCUT2D eigenvalue weighted by Crippen LogP contribution is -2.35. The third-order valence-corrected chi connectivity index (χ3v) is 3.70. The first-order chi connectivity index (χ1) is 7.86. The highest BCUT2D eigenvalue weighted by atomic mass is 32.2. The van der Waals surface area contributed by atoms with Crippen molar-refractivity contribution in [3.05, 3.63) is 23.8 Å². The van der Waals surface area contributed by atoms with Crippen LogP contribution in [0.4, 0.5) is 5.69 Å². The molecule has 0 saturated heterocycles. The van der Waals surface area contributed by atoms with Crippen LogP contribution in [0.5, 0.6) is 5.75 Å². The maximum atomic E-state index is 11.5. The van der Waals surface area contributed by atoms with Crippen molar-refractivity contribution >= 4 is 15.9 Å². The molecular weight excluding hydrogens is 242 g/mol. The molecule has 1 aromatic carbocycles. The molecule has 0 aromatic heterocycles. The lowest BCUT2D eigenvalue weighted by atomic mass is 10.2. The van der Waals surface area contributed by atoms with Gasteiger partial charge in [0.25, 0.3) is 10.2 Å². The average molecular weight is 259 g/mol. The molecule has 0 saturated carbocycles. The number of rotatable bonds is 5. The summed E-state index contributed by atoms with van der Waals surface area (Å²) >= 11 is 0. The average Bonchev–Trinajstić information content (AvgIpc) is 2.26. The molecule has 0 fully saturated rings. The Balaban J connectivity index is 2.86. The normalized spacial score (nSPS) is 11.8. The molecule has 0 aliphatic heterocycles. The van der Waals surface area contributed by atoms with E-state index < -0.39 is 10.2 Å². The molecule has 0 aliphatic carbocycles. The largest absolute Gasteiger partial charge is 0.496 e. The van der Waals surface area contributed by atoms with E-state index in [-0.39, 0.29) is 6.54 Å². The Hall–Kier alpha value is -1.31. The van der Waals surface area contributed by atoms with E-state index in [2.05, 4.69) is 4.72 Å². The Kier molecular flexibility index (Phi) is 4.33. The van der Waals surface area contributed by atoms with Crippen LogP contribution in [0.15, 0.2) is 18.2 Å². The Morgan fingerprint density at radius 2 is 2.06 bits per heavy atom. The number of nitrogen functional groups attached to an aromatic ring is 1. The first kappa shape index (κ1) is 13.8. The third-order valence-electron chi connectivity index (χ3n) is 2.23. The predicted molar refractivity (Wildman–Crippen MR) is 66.9 cm³/mol. The van der Waals surface area contributed by atoms with Crippen LogP contribution in [0, 0.1) is 0 Å². The van der Waals surface area contributed by atoms with Gasteiger partial charge in [-0.15, -0.1) is 0 Å². The van der Waals surface area contributed by atoms with E-state index in [1.165, 1.54) is 21.2 Å². The van der Waals surface area contributed by atoms with Gasteiger partial charge in [-0.3, -0.25) is 0 Å². The van der Waals surface area contributed by atoms with Gasteiger partial charge in [-0.25, -0.2) is 0 Å². The fourth-order valence-corrected chi connectivity index (χ4v) is 1.83. The van der Waals surface area contributed by atoms with Gasteiger partial charge in [-0.05, 0) is 18.2 Å². The second-order valence-electron chi connectivity index (χ2n) is 3.68. The van der Waals surface area contributed by atoms with Gasteiger partial charge in [0.05, 0.1) is 7.11 Å². The molecule has 0 heterocycles. The number of hydrogen-bond acceptors (Lipinski definition) is 4. The second-order valence-corrected chi connectivity index (χ2v) is 5.65. The first-order valence-corrected chi connectivity index (χ1v) is 6.40. The number of hydrogen-bond donors (Lipinski definition) is 2. The second kappa shape index (κ2) is 5.35. The molecule has 0 amide bonds. The Morgan fingerprint density at radius 3 is 2.59 bits per heavy atom. The molecule has 0 spiro atoms. The molecule has 3 N–H and O–H groups in total. The summed E-state index contributed by atoms with van der Waals surface area (Å²) < 4.78 is 31.7. The summed E-state index contributed by atoms with van der Waals surface area (Å²) in [6.45, 7) is 0.134. The van der Waals surface area contributed by atoms with Gasteiger partial charge >= 0.3 is 0 Å². The zero-order valence-electron chi connectivity index (χ0n) is 10.1. The van der Waals surface area contributed by atoms with Crippen LogP contribution in [0.25, 0.3) is 0 Å². The number of anilines is 1. The monoisotopic (exact) mass is 259 g/mol. The van der Waals surface area contributed by atoms with Gasteiger partial charge < -0.3 is 10.5 Å². The molecule has 7 heteroatoms. The lowest BCUT2D eigenvalue weighted by molar-refractivity contribution is 0.409. The zero-order chi connectivity index (χ0) is 13.1. The van der Waals surface area contributed by atoms with Crippen LogP contribution in [0.3, 0.4) is 0 Å². The van der Waals surface area contributed by atoms with Crippen molar-refractivity contribution < 1.29 is 13.2 Å². The molecule has 6 nitrogen and oxygen atoms in total. The molecule has 1 aromatic rings. The van der Waals surface area contributed by atoms with E-state index in [0.717, 1.165) is 4.31 Å². The highest BCUT2D eigenvalue weighted by Gasteiger charge is 2.13. The topological polar surface area (TPSA) is 84.7 Å². The van der Waals surface area contributed by atoms with Crippen LogP contribution < -0.4 is 15.2 Å². The Morgan fingerprint density at radius 1 is 1.41 bits per heavy atom. The van der Waals surface area contributed by atoms with Crippen LogP contribution in [0.2, 0.25) is 0 Å². The quantitative estimate of drug-likeness (QED) is 0.738. The standard InChI is InChI=1S/C10H17N3O3S/c1-13(2)17(14,15)12-7-8-6-9(11)4-5-10(8)16-3/h4-6,12H,7,11H2,1-3H3. The van der Waals surface area contributed by atoms with Gasteiger partial charge in [-0.1, -0.05) is 0 Å². The number of benzene rings is 1. The van der Waals surface area contributed by atoms with E-state index in [1.807, 2.05) is 0 Å². The van der Waals surface area contributed by atoms with Gasteiger partial charge in [0.1, 0.15) is 5.75 Å². The first-order valence-electron chi connectivity index (χ1n) is 4.96. The lowest BCUT2D eigenvalue weighted by Gasteiger charge is -2.14. The molecule has 0 aliphatic rings. The van der Waals surface area contributed by atoms with Crippen molar-refractivity contribution in [2.24, 2.45) is 0 Å². The summed E-state index contributed by atoms with van der Waals surface area (Å²) in [5.74, 6) is 0.598. The number of nitrogens with zero attached hydrogens (tertiary/aromatic N) is 1. The third kappa shape index (κ3) is 3.58. The fourth-order valence-electron chi connectivity index (χ4n) is 1.23. The van der Waals surface area contributed by atoms with Crippen molar-refractivity contribution in [2.45, 2.75) is 6.54 Å². The van der Waals surface area contributed by atoms with Gasteiger partial charge in [-0.2, -0.15) is 17.4 Å². The van der Waals surface area contributed by atoms with Crippen LogP contribution >= 0.6 is 0 Å². The van der Waals surface area contributed by atoms with Crippen LogP contribution in [0.1, 0.15) is 5.56 Å². The maximum Gasteiger partial charge on any atom is 0.279 e. The van der Waals surface area contributed by atoms with Crippen molar-refractivity contribution in [3.63, 3.8) is 0 Å². The number of methoxy groups -OCH3 is 1. The molecule has 17 heavy (non-hydrogen) atoms. The number of nitrogens with two attached hydrogens (primary N) is 1. The molecular formula is C10H17N3O3S. The van der Waals surface area contributed by atoms with Crippen molar-refractivity contribution in [2.75, 3.05) is 26.9 Å². The summed E-state index contributed by atoms with van der Waals surface area (Å²) in [6.07, 6.45) is 0. The summed E-state index contributed by atoms with van der Waals surface area (Å²) in [5.41, 5.74) is 6.89. The van der Waals surface area contributed by atoms with Crippen molar-refractivity contribution in [1.29, 1.82) is 0 Å². The van der Waals surface area contributed by atoms with Crippen molar-refractivity contribution in [1.82, 2.24) is 9.03 Å². The SMILES string of the molecule is COc1ccc(N)cc1CNS(=O)(=O)N(C)C. The fraction of sp³-hybridized carbons (Fsp3) is 0.400. The molecule has 0 radical (unpaired) electrons. The zero-order valence-corrected chi connectivity index (χ0v) is 10.9. The summed E-state index contributed by atoms with van der Waals surface area (Å²) in [5, 5.41) is 0. The number of nitrogens with one attached hydrogen (secondary N) is 1. The smallest absolute Gasteiger partial charge is 0.279 e. The van der Waals surface area contributed by atoms with E-state index in [4.69, 9.17) is 10.5 Å². The molecule has 0 unspecified atom stereocenters. The minimum absolute atomic E-state index is 0.134. The van der Waals surface area contributed by atoms with E-state index in [0.29, 0.717) is 17.0 Å². The van der Waals surface area contributed by atoms with Gasteiger partial charge in [0.15, 0.2) is 0 Å². The Labute approximate surface area is 102 Å².